The summed E-state index contributed by atoms with van der Waals surface area (Å²) >= 11 is 0. The normalized spacial score (nSPS) is 12.1. The summed E-state index contributed by atoms with van der Waals surface area (Å²) in [5.74, 6) is -0.325. The van der Waals surface area contributed by atoms with Crippen molar-refractivity contribution in [2.45, 2.75) is 12.5 Å². The number of methoxy groups -OCH3 is 1. The van der Waals surface area contributed by atoms with Crippen LogP contribution in [-0.2, 0) is 4.79 Å². The summed E-state index contributed by atoms with van der Waals surface area (Å²) in [6, 6.07) is 6.14. The van der Waals surface area contributed by atoms with Crippen LogP contribution in [0, 0.1) is 0 Å². The van der Waals surface area contributed by atoms with Crippen LogP contribution in [0.25, 0.3) is 0 Å². The molecule has 0 heterocycles. The molecular formula is C12H17NO4. The monoisotopic (exact) mass is 239 g/mol. The van der Waals surface area contributed by atoms with E-state index in [2.05, 4.69) is 5.32 Å². The second kappa shape index (κ2) is 6.88. The topological polar surface area (TPSA) is 78.8 Å². The predicted octanol–water partition coefficient (Wildman–Crippen LogP) is 0.793. The second-order valence-electron chi connectivity index (χ2n) is 3.58. The van der Waals surface area contributed by atoms with Gasteiger partial charge in [-0.05, 0) is 30.7 Å². The molecule has 17 heavy (non-hydrogen) atoms. The van der Waals surface area contributed by atoms with Crippen molar-refractivity contribution < 1.29 is 19.7 Å². The van der Waals surface area contributed by atoms with Gasteiger partial charge in [0, 0.05) is 6.61 Å². The van der Waals surface area contributed by atoms with Crippen LogP contribution in [-0.4, -0.2) is 36.4 Å². The first-order chi connectivity index (χ1) is 8.19. The molecule has 5 heteroatoms. The van der Waals surface area contributed by atoms with E-state index in [0.717, 1.165) is 0 Å². The van der Waals surface area contributed by atoms with Crippen molar-refractivity contribution in [2.75, 3.05) is 20.3 Å². The predicted molar refractivity (Wildman–Crippen MR) is 63.1 cm³/mol. The smallest absolute Gasteiger partial charge is 0.325 e. The van der Waals surface area contributed by atoms with Gasteiger partial charge in [-0.1, -0.05) is 12.1 Å². The Balaban J connectivity index is 2.78. The Morgan fingerprint density at radius 3 is 2.88 bits per heavy atom. The molecule has 0 fully saturated rings. The van der Waals surface area contributed by atoms with E-state index in [1.165, 1.54) is 7.11 Å². The lowest BCUT2D eigenvalue weighted by atomic mass is 10.1. The molecule has 1 aromatic rings. The van der Waals surface area contributed by atoms with Gasteiger partial charge in [-0.3, -0.25) is 4.79 Å². The van der Waals surface area contributed by atoms with E-state index >= 15 is 0 Å². The Morgan fingerprint density at radius 2 is 2.29 bits per heavy atom. The van der Waals surface area contributed by atoms with Crippen LogP contribution in [0.4, 0.5) is 0 Å². The minimum absolute atomic E-state index is 0.0391. The lowest BCUT2D eigenvalue weighted by Gasteiger charge is -2.15. The van der Waals surface area contributed by atoms with E-state index in [1.807, 2.05) is 0 Å². The molecule has 0 saturated heterocycles. The Hall–Kier alpha value is -1.59. The van der Waals surface area contributed by atoms with Gasteiger partial charge in [0.25, 0.3) is 0 Å². The zero-order valence-corrected chi connectivity index (χ0v) is 9.72. The number of ether oxygens (including phenoxy) is 1. The number of hydrogen-bond donors (Lipinski definition) is 3. The van der Waals surface area contributed by atoms with Crippen LogP contribution < -0.4 is 10.1 Å². The minimum Gasteiger partial charge on any atom is -0.497 e. The SMILES string of the molecule is COc1cccc(C(NCCCO)C(=O)O)c1. The second-order valence-corrected chi connectivity index (χ2v) is 3.58. The molecule has 0 saturated carbocycles. The number of aliphatic hydroxyl groups excluding tert-OH is 1. The molecule has 1 unspecified atom stereocenters. The molecular weight excluding hydrogens is 222 g/mol. The number of rotatable bonds is 7. The quantitative estimate of drug-likeness (QED) is 0.613. The molecule has 1 atom stereocenters. The Bertz CT molecular complexity index is 367. The largest absolute Gasteiger partial charge is 0.497 e. The third kappa shape index (κ3) is 4.05. The first-order valence-corrected chi connectivity index (χ1v) is 5.40. The third-order valence-corrected chi connectivity index (χ3v) is 2.36. The van der Waals surface area contributed by atoms with Gasteiger partial charge < -0.3 is 20.3 Å². The fourth-order valence-corrected chi connectivity index (χ4v) is 1.49. The van der Waals surface area contributed by atoms with Gasteiger partial charge in [-0.2, -0.15) is 0 Å². The number of nitrogens with one attached hydrogen (secondary N) is 1. The molecule has 5 nitrogen and oxygen atoms in total. The zero-order chi connectivity index (χ0) is 12.7. The highest BCUT2D eigenvalue weighted by molar-refractivity contribution is 5.75. The third-order valence-electron chi connectivity index (χ3n) is 2.36. The maximum atomic E-state index is 11.1. The highest BCUT2D eigenvalue weighted by Crippen LogP contribution is 2.19. The van der Waals surface area contributed by atoms with Crippen molar-refractivity contribution in [3.8, 4) is 5.75 Å². The molecule has 0 aliphatic heterocycles. The highest BCUT2D eigenvalue weighted by atomic mass is 16.5. The maximum absolute atomic E-state index is 11.1. The zero-order valence-electron chi connectivity index (χ0n) is 9.72. The number of carboxylic acids is 1. The Labute approximate surface area is 100 Å². The number of benzene rings is 1. The molecule has 1 rings (SSSR count). The minimum atomic E-state index is -0.948. The molecule has 0 bridgehead atoms. The van der Waals surface area contributed by atoms with E-state index in [1.54, 1.807) is 24.3 Å². The number of aliphatic hydroxyl groups is 1. The van der Waals surface area contributed by atoms with Crippen LogP contribution in [0.5, 0.6) is 5.75 Å². The van der Waals surface area contributed by atoms with Gasteiger partial charge in [0.1, 0.15) is 11.8 Å². The molecule has 94 valence electrons. The number of hydrogen-bond acceptors (Lipinski definition) is 4. The number of carbonyl (C=O) groups is 1. The van der Waals surface area contributed by atoms with Crippen molar-refractivity contribution in [3.05, 3.63) is 29.8 Å². The van der Waals surface area contributed by atoms with Gasteiger partial charge in [0.2, 0.25) is 0 Å². The van der Waals surface area contributed by atoms with Crippen LogP contribution >= 0.6 is 0 Å². The summed E-state index contributed by atoms with van der Waals surface area (Å²) in [6.45, 7) is 0.488. The molecule has 0 spiro atoms. The number of aliphatic carboxylic acids is 1. The average molecular weight is 239 g/mol. The van der Waals surface area contributed by atoms with E-state index in [4.69, 9.17) is 14.9 Å². The Morgan fingerprint density at radius 1 is 1.53 bits per heavy atom. The summed E-state index contributed by atoms with van der Waals surface area (Å²) in [6.07, 6.45) is 0.522. The van der Waals surface area contributed by atoms with Gasteiger partial charge in [-0.15, -0.1) is 0 Å². The molecule has 0 aliphatic rings. The van der Waals surface area contributed by atoms with E-state index in [-0.39, 0.29) is 6.61 Å². The van der Waals surface area contributed by atoms with Crippen molar-refractivity contribution in [3.63, 3.8) is 0 Å². The summed E-state index contributed by atoms with van der Waals surface area (Å²) in [7, 11) is 1.54. The lowest BCUT2D eigenvalue weighted by Crippen LogP contribution is -2.29. The van der Waals surface area contributed by atoms with Crippen molar-refractivity contribution in [1.82, 2.24) is 5.32 Å². The van der Waals surface area contributed by atoms with Gasteiger partial charge >= 0.3 is 5.97 Å². The van der Waals surface area contributed by atoms with Crippen LogP contribution in [0.15, 0.2) is 24.3 Å². The van der Waals surface area contributed by atoms with Gasteiger partial charge in [0.15, 0.2) is 0 Å². The lowest BCUT2D eigenvalue weighted by molar-refractivity contribution is -0.139. The average Bonchev–Trinajstić information content (AvgIpc) is 2.34. The van der Waals surface area contributed by atoms with Crippen molar-refractivity contribution >= 4 is 5.97 Å². The van der Waals surface area contributed by atoms with Crippen LogP contribution in [0.1, 0.15) is 18.0 Å². The molecule has 1 aromatic carbocycles. The standard InChI is InChI=1S/C12H17NO4/c1-17-10-5-2-4-9(8-10)11(12(15)16)13-6-3-7-14/h2,4-5,8,11,13-14H,3,6-7H2,1H3,(H,15,16). The summed E-state index contributed by atoms with van der Waals surface area (Å²) in [5.41, 5.74) is 0.634. The summed E-state index contributed by atoms with van der Waals surface area (Å²) < 4.78 is 5.05. The fourth-order valence-electron chi connectivity index (χ4n) is 1.49. The summed E-state index contributed by atoms with van der Waals surface area (Å²) in [5, 5.41) is 20.7. The molecule has 0 radical (unpaired) electrons. The van der Waals surface area contributed by atoms with E-state index in [0.29, 0.717) is 24.3 Å². The first-order valence-electron chi connectivity index (χ1n) is 5.40. The molecule has 3 N–H and O–H groups in total. The fraction of sp³-hybridized carbons (Fsp3) is 0.417. The molecule has 0 amide bonds. The molecule has 0 aromatic heterocycles. The van der Waals surface area contributed by atoms with E-state index < -0.39 is 12.0 Å². The first kappa shape index (κ1) is 13.5. The highest BCUT2D eigenvalue weighted by Gasteiger charge is 2.19. The maximum Gasteiger partial charge on any atom is 0.325 e. The van der Waals surface area contributed by atoms with Gasteiger partial charge in [-0.25, -0.2) is 0 Å². The number of carboxylic acid groups (broad SMARTS) is 1. The van der Waals surface area contributed by atoms with E-state index in [9.17, 15) is 4.79 Å². The molecule has 0 aliphatic carbocycles. The Kier molecular flexibility index (Phi) is 5.45. The summed E-state index contributed by atoms with van der Waals surface area (Å²) in [4.78, 5) is 11.1. The van der Waals surface area contributed by atoms with Gasteiger partial charge in [0.05, 0.1) is 7.11 Å². The van der Waals surface area contributed by atoms with Crippen LogP contribution in [0.2, 0.25) is 0 Å². The van der Waals surface area contributed by atoms with Crippen molar-refractivity contribution in [2.24, 2.45) is 0 Å². The van der Waals surface area contributed by atoms with Crippen molar-refractivity contribution in [1.29, 1.82) is 0 Å². The van der Waals surface area contributed by atoms with Crippen LogP contribution in [0.3, 0.4) is 0 Å².